The van der Waals surface area contributed by atoms with Crippen molar-refractivity contribution in [2.45, 2.75) is 19.8 Å². The normalized spacial score (nSPS) is 19.5. The highest BCUT2D eigenvalue weighted by Crippen LogP contribution is 2.16. The molecule has 0 radical (unpaired) electrons. The number of nitrogens with zero attached hydrogens (tertiary/aromatic N) is 1. The monoisotopic (exact) mass is 322 g/mol. The molecule has 1 aliphatic heterocycles. The molecule has 1 fully saturated rings. The maximum atomic E-state index is 11.9. The first-order chi connectivity index (χ1) is 9.85. The highest BCUT2D eigenvalue weighted by atomic mass is 32.2. The minimum atomic E-state index is -3.56. The molecule has 1 saturated heterocycles. The lowest BCUT2D eigenvalue weighted by atomic mass is 9.98. The average molecular weight is 322 g/mol. The molecule has 21 heavy (non-hydrogen) atoms. The number of piperidine rings is 1. The van der Waals surface area contributed by atoms with Gasteiger partial charge in [0.05, 0.1) is 24.8 Å². The summed E-state index contributed by atoms with van der Waals surface area (Å²) in [6, 6.07) is 0. The lowest BCUT2D eigenvalue weighted by Gasteiger charge is -2.30. The van der Waals surface area contributed by atoms with Crippen LogP contribution in [-0.4, -0.2) is 68.9 Å². The summed E-state index contributed by atoms with van der Waals surface area (Å²) in [6.45, 7) is 2.52. The maximum absolute atomic E-state index is 11.9. The van der Waals surface area contributed by atoms with E-state index in [2.05, 4.69) is 4.72 Å². The molecule has 1 aliphatic rings. The molecule has 1 amide bonds. The number of rotatable bonds is 8. The van der Waals surface area contributed by atoms with Crippen molar-refractivity contribution in [1.29, 1.82) is 0 Å². The lowest BCUT2D eigenvalue weighted by molar-refractivity contribution is -0.145. The van der Waals surface area contributed by atoms with Gasteiger partial charge in [0.1, 0.15) is 0 Å². The zero-order valence-electron chi connectivity index (χ0n) is 12.1. The zero-order valence-corrected chi connectivity index (χ0v) is 12.9. The van der Waals surface area contributed by atoms with E-state index in [1.165, 1.54) is 4.90 Å². The molecular formula is C12H22N2O6S. The summed E-state index contributed by atoms with van der Waals surface area (Å²) in [7, 11) is -3.56. The molecule has 0 spiro atoms. The van der Waals surface area contributed by atoms with Gasteiger partial charge in [-0.15, -0.1) is 0 Å². The molecule has 0 aromatic rings. The number of hydrogen-bond donors (Lipinski definition) is 2. The second-order valence-corrected chi connectivity index (χ2v) is 6.78. The van der Waals surface area contributed by atoms with E-state index in [1.54, 1.807) is 6.92 Å². The van der Waals surface area contributed by atoms with E-state index < -0.39 is 27.8 Å². The molecule has 0 saturated carbocycles. The van der Waals surface area contributed by atoms with E-state index in [0.717, 1.165) is 0 Å². The fourth-order valence-corrected chi connectivity index (χ4v) is 2.90. The zero-order chi connectivity index (χ0) is 15.9. The number of carbonyl (C=O) groups excluding carboxylic acids is 1. The summed E-state index contributed by atoms with van der Waals surface area (Å²) < 4.78 is 30.4. The third-order valence-corrected chi connectivity index (χ3v) is 4.56. The summed E-state index contributed by atoms with van der Waals surface area (Å²) >= 11 is 0. The molecule has 2 N–H and O–H groups in total. The molecule has 1 unspecified atom stereocenters. The molecule has 0 aromatic carbocycles. The third-order valence-electron chi connectivity index (χ3n) is 3.27. The van der Waals surface area contributed by atoms with Crippen molar-refractivity contribution >= 4 is 21.9 Å². The number of carboxylic acids is 1. The van der Waals surface area contributed by atoms with E-state index in [9.17, 15) is 18.0 Å². The van der Waals surface area contributed by atoms with Gasteiger partial charge in [-0.3, -0.25) is 9.59 Å². The number of aliphatic carboxylic acids is 1. The van der Waals surface area contributed by atoms with Crippen LogP contribution in [0.15, 0.2) is 0 Å². The second-order valence-electron chi connectivity index (χ2n) is 4.85. The SMILES string of the molecule is CCOCCS(=O)(=O)NCC(=O)N1CCCC(C(=O)O)C1. The first kappa shape index (κ1) is 17.9. The molecule has 1 heterocycles. The highest BCUT2D eigenvalue weighted by molar-refractivity contribution is 7.89. The van der Waals surface area contributed by atoms with Crippen molar-refractivity contribution in [3.63, 3.8) is 0 Å². The predicted molar refractivity (Wildman–Crippen MR) is 75.2 cm³/mol. The van der Waals surface area contributed by atoms with Crippen LogP contribution < -0.4 is 4.72 Å². The Bertz CT molecular complexity index is 464. The Hall–Kier alpha value is -1.19. The van der Waals surface area contributed by atoms with E-state index in [-0.39, 0.29) is 25.4 Å². The number of likely N-dealkylation sites (tertiary alicyclic amines) is 1. The van der Waals surface area contributed by atoms with Gasteiger partial charge < -0.3 is 14.7 Å². The van der Waals surface area contributed by atoms with Crippen LogP contribution in [0.4, 0.5) is 0 Å². The van der Waals surface area contributed by atoms with Crippen LogP contribution in [0.3, 0.4) is 0 Å². The van der Waals surface area contributed by atoms with Crippen molar-refractivity contribution in [2.75, 3.05) is 38.6 Å². The lowest BCUT2D eigenvalue weighted by Crippen LogP contribution is -2.46. The standard InChI is InChI=1S/C12H22N2O6S/c1-2-20-6-7-21(18,19)13-8-11(15)14-5-3-4-10(9-14)12(16)17/h10,13H,2-9H2,1H3,(H,16,17). The van der Waals surface area contributed by atoms with Crippen molar-refractivity contribution in [1.82, 2.24) is 9.62 Å². The fraction of sp³-hybridized carbons (Fsp3) is 0.833. The van der Waals surface area contributed by atoms with Gasteiger partial charge in [0.2, 0.25) is 15.9 Å². The van der Waals surface area contributed by atoms with Gasteiger partial charge in [0, 0.05) is 19.7 Å². The average Bonchev–Trinajstić information content (AvgIpc) is 2.45. The van der Waals surface area contributed by atoms with Crippen LogP contribution in [0, 0.1) is 5.92 Å². The van der Waals surface area contributed by atoms with E-state index in [1.807, 2.05) is 0 Å². The molecule has 0 aliphatic carbocycles. The molecule has 0 bridgehead atoms. The van der Waals surface area contributed by atoms with Gasteiger partial charge in [0.25, 0.3) is 0 Å². The van der Waals surface area contributed by atoms with Gasteiger partial charge in [-0.1, -0.05) is 0 Å². The number of ether oxygens (including phenoxy) is 1. The Morgan fingerprint density at radius 1 is 1.43 bits per heavy atom. The second kappa shape index (κ2) is 8.30. The topological polar surface area (TPSA) is 113 Å². The van der Waals surface area contributed by atoms with Crippen LogP contribution in [0.25, 0.3) is 0 Å². The van der Waals surface area contributed by atoms with Gasteiger partial charge in [-0.25, -0.2) is 13.1 Å². The van der Waals surface area contributed by atoms with Crippen LogP contribution >= 0.6 is 0 Å². The summed E-state index contributed by atoms with van der Waals surface area (Å²) in [5.41, 5.74) is 0. The van der Waals surface area contributed by atoms with Crippen molar-refractivity contribution in [3.8, 4) is 0 Å². The van der Waals surface area contributed by atoms with Gasteiger partial charge in [0.15, 0.2) is 0 Å². The molecular weight excluding hydrogens is 300 g/mol. The first-order valence-electron chi connectivity index (χ1n) is 6.91. The van der Waals surface area contributed by atoms with Gasteiger partial charge in [-0.05, 0) is 19.8 Å². The van der Waals surface area contributed by atoms with Crippen LogP contribution in [-0.2, 0) is 24.3 Å². The molecule has 1 rings (SSSR count). The molecule has 1 atom stereocenters. The van der Waals surface area contributed by atoms with Crippen molar-refractivity contribution < 1.29 is 27.9 Å². The van der Waals surface area contributed by atoms with E-state index in [0.29, 0.717) is 26.0 Å². The van der Waals surface area contributed by atoms with E-state index in [4.69, 9.17) is 9.84 Å². The Kier molecular flexibility index (Phi) is 7.06. The smallest absolute Gasteiger partial charge is 0.308 e. The van der Waals surface area contributed by atoms with Gasteiger partial charge in [-0.2, -0.15) is 0 Å². The number of sulfonamides is 1. The van der Waals surface area contributed by atoms with E-state index >= 15 is 0 Å². The molecule has 8 nitrogen and oxygen atoms in total. The number of carbonyl (C=O) groups is 2. The van der Waals surface area contributed by atoms with Crippen LogP contribution in [0.2, 0.25) is 0 Å². The van der Waals surface area contributed by atoms with Crippen molar-refractivity contribution in [3.05, 3.63) is 0 Å². The quantitative estimate of drug-likeness (QED) is 0.569. The third kappa shape index (κ3) is 6.40. The number of amides is 1. The van der Waals surface area contributed by atoms with Crippen LogP contribution in [0.1, 0.15) is 19.8 Å². The largest absolute Gasteiger partial charge is 0.481 e. The summed E-state index contributed by atoms with van der Waals surface area (Å²) in [6.07, 6.45) is 1.15. The maximum Gasteiger partial charge on any atom is 0.308 e. The molecule has 9 heteroatoms. The summed E-state index contributed by atoms with van der Waals surface area (Å²) in [5, 5.41) is 8.95. The van der Waals surface area contributed by atoms with Crippen LogP contribution in [0.5, 0.6) is 0 Å². The number of nitrogens with one attached hydrogen (secondary N) is 1. The minimum absolute atomic E-state index is 0.0742. The van der Waals surface area contributed by atoms with Gasteiger partial charge >= 0.3 is 5.97 Å². The Balaban J connectivity index is 2.40. The number of hydrogen-bond acceptors (Lipinski definition) is 5. The Morgan fingerprint density at radius 2 is 2.14 bits per heavy atom. The predicted octanol–water partition coefficient (Wildman–Crippen LogP) is -0.734. The summed E-state index contributed by atoms with van der Waals surface area (Å²) in [5.74, 6) is -2.10. The molecule has 0 aromatic heterocycles. The number of carboxylic acid groups (broad SMARTS) is 1. The first-order valence-corrected chi connectivity index (χ1v) is 8.56. The fourth-order valence-electron chi connectivity index (χ4n) is 2.07. The van der Waals surface area contributed by atoms with Crippen molar-refractivity contribution in [2.24, 2.45) is 5.92 Å². The summed E-state index contributed by atoms with van der Waals surface area (Å²) in [4.78, 5) is 24.2. The Labute approximate surface area is 124 Å². The molecule has 122 valence electrons. The highest BCUT2D eigenvalue weighted by Gasteiger charge is 2.28. The minimum Gasteiger partial charge on any atom is -0.481 e. The Morgan fingerprint density at radius 3 is 2.76 bits per heavy atom.